The minimum absolute atomic E-state index is 1.09. The van der Waals surface area contributed by atoms with Gasteiger partial charge in [-0.2, -0.15) is 0 Å². The summed E-state index contributed by atoms with van der Waals surface area (Å²) < 4.78 is 0. The monoisotopic (exact) mass is 172 g/mol. The maximum absolute atomic E-state index is 4.33. The Bertz CT molecular complexity index is 329. The van der Waals surface area contributed by atoms with E-state index in [1.807, 2.05) is 13.1 Å². The summed E-state index contributed by atoms with van der Waals surface area (Å²) in [5, 5.41) is 0. The molecule has 0 saturated carbocycles. The predicted molar refractivity (Wildman–Crippen MR) is 59.0 cm³/mol. The Morgan fingerprint density at radius 1 is 1.46 bits per heavy atom. The Kier molecular flexibility index (Phi) is 3.29. The molecule has 0 aliphatic heterocycles. The molecule has 2 heteroatoms. The molecule has 1 nitrogen and oxygen atoms in total. The second kappa shape index (κ2) is 4.26. The van der Waals surface area contributed by atoms with Crippen molar-refractivity contribution in [3.8, 4) is 0 Å². The second-order valence-corrected chi connectivity index (χ2v) is 3.18. The fourth-order valence-corrected chi connectivity index (χ4v) is 1.41. The lowest BCUT2D eigenvalue weighted by molar-refractivity contribution is 1.16. The average Bonchev–Trinajstić information content (AvgIpc) is 2.13. The zero-order chi connectivity index (χ0) is 9.84. The van der Waals surface area contributed by atoms with Crippen LogP contribution in [0.4, 0.5) is 0 Å². The van der Waals surface area contributed by atoms with E-state index in [1.54, 1.807) is 0 Å². The van der Waals surface area contributed by atoms with Gasteiger partial charge in [0.25, 0.3) is 0 Å². The number of rotatable bonds is 2. The predicted octanol–water partition coefficient (Wildman–Crippen LogP) is 2.81. The van der Waals surface area contributed by atoms with Crippen molar-refractivity contribution in [2.45, 2.75) is 27.6 Å². The second-order valence-electron chi connectivity index (χ2n) is 3.18. The van der Waals surface area contributed by atoms with Crippen LogP contribution in [0, 0.1) is 13.8 Å². The molecule has 0 atom stereocenters. The molecule has 0 aliphatic carbocycles. The van der Waals surface area contributed by atoms with Gasteiger partial charge >= 0.3 is 0 Å². The van der Waals surface area contributed by atoms with Gasteiger partial charge in [0.15, 0.2) is 0 Å². The van der Waals surface area contributed by atoms with Crippen molar-refractivity contribution in [1.82, 2.24) is 4.98 Å². The number of allylic oxidation sites excluding steroid dienone is 1. The Morgan fingerprint density at radius 3 is 2.69 bits per heavy atom. The highest BCUT2D eigenvalue weighted by Crippen LogP contribution is 2.17. The van der Waals surface area contributed by atoms with Gasteiger partial charge in [-0.3, -0.25) is 4.98 Å². The smallest absolute Gasteiger partial charge is 0.148 e. The van der Waals surface area contributed by atoms with Crippen molar-refractivity contribution < 1.29 is 0 Å². The van der Waals surface area contributed by atoms with Gasteiger partial charge in [0.1, 0.15) is 7.28 Å². The molecular formula is C11H15BN. The Morgan fingerprint density at radius 2 is 2.15 bits per heavy atom. The summed E-state index contributed by atoms with van der Waals surface area (Å²) in [4.78, 5) is 4.33. The van der Waals surface area contributed by atoms with Crippen molar-refractivity contribution in [2.24, 2.45) is 0 Å². The first-order valence-electron chi connectivity index (χ1n) is 4.58. The van der Waals surface area contributed by atoms with E-state index < -0.39 is 0 Å². The molecule has 1 radical (unpaired) electrons. The molecule has 0 aliphatic rings. The first-order valence-corrected chi connectivity index (χ1v) is 4.58. The molecule has 0 saturated heterocycles. The van der Waals surface area contributed by atoms with E-state index >= 15 is 0 Å². The highest BCUT2D eigenvalue weighted by Gasteiger charge is 2.03. The third-order valence-electron chi connectivity index (χ3n) is 2.16. The van der Waals surface area contributed by atoms with Gasteiger partial charge in [0.2, 0.25) is 0 Å². The molecular weight excluding hydrogens is 157 g/mol. The zero-order valence-electron chi connectivity index (χ0n) is 8.76. The summed E-state index contributed by atoms with van der Waals surface area (Å²) >= 11 is 0. The highest BCUT2D eigenvalue weighted by atomic mass is 14.7. The lowest BCUT2D eigenvalue weighted by Gasteiger charge is -2.07. The Hall–Kier alpha value is -1.05. The van der Waals surface area contributed by atoms with Gasteiger partial charge < -0.3 is 0 Å². The number of hydrogen-bond acceptors (Lipinski definition) is 1. The minimum atomic E-state index is 1.09. The van der Waals surface area contributed by atoms with Crippen molar-refractivity contribution in [3.63, 3.8) is 0 Å². The SMILES string of the molecule is C[B]/C(=C/C)c1cc(C)cnc1C. The molecule has 1 aromatic heterocycles. The van der Waals surface area contributed by atoms with E-state index in [-0.39, 0.29) is 0 Å². The Labute approximate surface area is 81.1 Å². The van der Waals surface area contributed by atoms with Crippen LogP contribution in [0.3, 0.4) is 0 Å². The van der Waals surface area contributed by atoms with E-state index in [2.05, 4.69) is 45.1 Å². The van der Waals surface area contributed by atoms with Gasteiger partial charge in [0, 0.05) is 11.9 Å². The summed E-state index contributed by atoms with van der Waals surface area (Å²) in [7, 11) is 2.11. The van der Waals surface area contributed by atoms with Crippen molar-refractivity contribution in [3.05, 3.63) is 35.2 Å². The quantitative estimate of drug-likeness (QED) is 0.625. The van der Waals surface area contributed by atoms with Gasteiger partial charge in [-0.05, 0) is 38.0 Å². The van der Waals surface area contributed by atoms with Crippen LogP contribution >= 0.6 is 0 Å². The van der Waals surface area contributed by atoms with E-state index in [9.17, 15) is 0 Å². The number of pyridine rings is 1. The van der Waals surface area contributed by atoms with Crippen LogP contribution in [-0.2, 0) is 0 Å². The largest absolute Gasteiger partial charge is 0.261 e. The molecule has 67 valence electrons. The third-order valence-corrected chi connectivity index (χ3v) is 2.16. The summed E-state index contributed by atoms with van der Waals surface area (Å²) in [6.45, 7) is 8.22. The first-order chi connectivity index (χ1) is 6.19. The molecule has 0 spiro atoms. The van der Waals surface area contributed by atoms with Crippen LogP contribution in [0.2, 0.25) is 6.82 Å². The summed E-state index contributed by atoms with van der Waals surface area (Å²) in [6.07, 6.45) is 4.02. The first kappa shape index (κ1) is 10.0. The topological polar surface area (TPSA) is 12.9 Å². The van der Waals surface area contributed by atoms with E-state index in [0.29, 0.717) is 0 Å². The summed E-state index contributed by atoms with van der Waals surface area (Å²) in [5.74, 6) is 0. The number of hydrogen-bond donors (Lipinski definition) is 0. The molecule has 1 heterocycles. The van der Waals surface area contributed by atoms with Crippen LogP contribution < -0.4 is 0 Å². The van der Waals surface area contributed by atoms with Crippen LogP contribution in [0.5, 0.6) is 0 Å². The molecule has 0 bridgehead atoms. The van der Waals surface area contributed by atoms with Gasteiger partial charge in [-0.15, -0.1) is 0 Å². The maximum Gasteiger partial charge on any atom is 0.148 e. The standard InChI is InChI=1S/C11H15BN/c1-5-11(12-4)10-6-8(2)7-13-9(10)3/h5-7H,1-4H3/b11-5+. The number of nitrogens with zero attached hydrogens (tertiary/aromatic N) is 1. The molecule has 0 amide bonds. The maximum atomic E-state index is 4.33. The van der Waals surface area contributed by atoms with Crippen LogP contribution in [0.15, 0.2) is 18.3 Å². The lowest BCUT2D eigenvalue weighted by Crippen LogP contribution is -1.97. The van der Waals surface area contributed by atoms with Crippen molar-refractivity contribution in [1.29, 1.82) is 0 Å². The van der Waals surface area contributed by atoms with Crippen LogP contribution in [0.1, 0.15) is 23.7 Å². The van der Waals surface area contributed by atoms with Crippen LogP contribution in [0.25, 0.3) is 5.47 Å². The van der Waals surface area contributed by atoms with Gasteiger partial charge in [-0.1, -0.05) is 18.4 Å². The fourth-order valence-electron chi connectivity index (χ4n) is 1.41. The third kappa shape index (κ3) is 2.21. The van der Waals surface area contributed by atoms with E-state index in [1.165, 1.54) is 16.6 Å². The fraction of sp³-hybridized carbons (Fsp3) is 0.364. The van der Waals surface area contributed by atoms with Gasteiger partial charge in [0.05, 0.1) is 0 Å². The molecule has 0 aromatic carbocycles. The Balaban J connectivity index is 3.19. The van der Waals surface area contributed by atoms with E-state index in [0.717, 1.165) is 5.69 Å². The van der Waals surface area contributed by atoms with Crippen molar-refractivity contribution in [2.75, 3.05) is 0 Å². The molecule has 1 aromatic rings. The molecule has 1 rings (SSSR count). The minimum Gasteiger partial charge on any atom is -0.261 e. The summed E-state index contributed by atoms with van der Waals surface area (Å²) in [5.41, 5.74) is 4.80. The average molecular weight is 172 g/mol. The molecule has 0 fully saturated rings. The molecule has 13 heavy (non-hydrogen) atoms. The molecule has 0 unspecified atom stereocenters. The zero-order valence-corrected chi connectivity index (χ0v) is 8.76. The number of aryl methyl sites for hydroxylation is 2. The molecule has 0 N–H and O–H groups in total. The normalized spacial score (nSPS) is 11.5. The lowest BCUT2D eigenvalue weighted by atomic mass is 9.68. The number of aromatic nitrogens is 1. The van der Waals surface area contributed by atoms with Crippen LogP contribution in [-0.4, -0.2) is 12.3 Å². The highest BCUT2D eigenvalue weighted by molar-refractivity contribution is 6.59. The van der Waals surface area contributed by atoms with E-state index in [4.69, 9.17) is 0 Å². The summed E-state index contributed by atoms with van der Waals surface area (Å²) in [6, 6.07) is 2.18. The van der Waals surface area contributed by atoms with Gasteiger partial charge in [-0.25, -0.2) is 0 Å². The van der Waals surface area contributed by atoms with Crippen molar-refractivity contribution >= 4 is 12.8 Å².